The van der Waals surface area contributed by atoms with Crippen LogP contribution in [-0.2, 0) is 14.3 Å². The molecule has 0 radical (unpaired) electrons. The molecule has 1 amide bonds. The predicted octanol–water partition coefficient (Wildman–Crippen LogP) is 15.3. The zero-order valence-corrected chi connectivity index (χ0v) is 40.2. The van der Waals surface area contributed by atoms with E-state index in [1.165, 1.54) is 77.0 Å². The zero-order valence-electron chi connectivity index (χ0n) is 40.2. The summed E-state index contributed by atoms with van der Waals surface area (Å²) in [5, 5.41) is 23.7. The van der Waals surface area contributed by atoms with E-state index in [4.69, 9.17) is 4.74 Å². The molecule has 354 valence electrons. The largest absolute Gasteiger partial charge is 0.462 e. The van der Waals surface area contributed by atoms with Crippen LogP contribution in [0, 0.1) is 0 Å². The third kappa shape index (κ3) is 43.4. The number of carbonyl (C=O) groups is 2. The van der Waals surface area contributed by atoms with E-state index in [0.29, 0.717) is 25.7 Å². The molecule has 3 unspecified atom stereocenters. The first-order valence-corrected chi connectivity index (χ1v) is 25.5. The fourth-order valence-electron chi connectivity index (χ4n) is 7.17. The number of aliphatic hydroxyl groups excluding tert-OH is 2. The molecule has 0 aromatic heterocycles. The lowest BCUT2D eigenvalue weighted by atomic mass is 10.0. The van der Waals surface area contributed by atoms with Gasteiger partial charge in [-0.1, -0.05) is 221 Å². The Morgan fingerprint density at radius 1 is 0.500 bits per heavy atom. The van der Waals surface area contributed by atoms with E-state index in [0.717, 1.165) is 89.9 Å². The molecule has 3 N–H and O–H groups in total. The minimum atomic E-state index is -0.812. The first kappa shape index (κ1) is 58.8. The summed E-state index contributed by atoms with van der Waals surface area (Å²) < 4.78 is 5.87. The van der Waals surface area contributed by atoms with Crippen molar-refractivity contribution in [1.29, 1.82) is 0 Å². The molecule has 0 spiro atoms. The third-order valence-corrected chi connectivity index (χ3v) is 11.0. The molecule has 0 aromatic carbocycles. The molecule has 0 aliphatic carbocycles. The molecule has 3 atom stereocenters. The predicted molar refractivity (Wildman–Crippen MR) is 268 cm³/mol. The van der Waals surface area contributed by atoms with Gasteiger partial charge in [0.25, 0.3) is 0 Å². The maximum Gasteiger partial charge on any atom is 0.306 e. The normalized spacial score (nSPS) is 14.1. The van der Waals surface area contributed by atoms with E-state index in [-0.39, 0.29) is 24.9 Å². The maximum absolute atomic E-state index is 13.2. The van der Waals surface area contributed by atoms with Gasteiger partial charge in [-0.15, -0.1) is 0 Å². The van der Waals surface area contributed by atoms with Crippen molar-refractivity contribution in [2.45, 2.75) is 238 Å². The van der Waals surface area contributed by atoms with Crippen LogP contribution < -0.4 is 5.32 Å². The summed E-state index contributed by atoms with van der Waals surface area (Å²) in [5.74, 6) is -0.586. The maximum atomic E-state index is 13.2. The average Bonchev–Trinajstić information content (AvgIpc) is 3.26. The summed E-state index contributed by atoms with van der Waals surface area (Å²) in [7, 11) is 0. The quantitative estimate of drug-likeness (QED) is 0.0245. The lowest BCUT2D eigenvalue weighted by Crippen LogP contribution is -2.46. The molecular formula is C56H95NO5. The molecule has 0 bridgehead atoms. The Morgan fingerprint density at radius 2 is 0.952 bits per heavy atom. The van der Waals surface area contributed by atoms with Crippen LogP contribution in [0.3, 0.4) is 0 Å². The highest BCUT2D eigenvalue weighted by Crippen LogP contribution is 2.17. The minimum Gasteiger partial charge on any atom is -0.462 e. The van der Waals surface area contributed by atoms with Crippen molar-refractivity contribution >= 4 is 11.9 Å². The molecule has 0 heterocycles. The zero-order chi connectivity index (χ0) is 45.2. The summed E-state index contributed by atoms with van der Waals surface area (Å²) in [4.78, 5) is 26.1. The van der Waals surface area contributed by atoms with Gasteiger partial charge in [-0.25, -0.2) is 0 Å². The molecule has 0 saturated carbocycles. The van der Waals surface area contributed by atoms with Gasteiger partial charge in [0, 0.05) is 6.42 Å². The van der Waals surface area contributed by atoms with E-state index in [9.17, 15) is 19.8 Å². The van der Waals surface area contributed by atoms with Gasteiger partial charge in [0.05, 0.1) is 25.2 Å². The molecule has 6 heteroatoms. The van der Waals surface area contributed by atoms with Crippen LogP contribution in [0.4, 0.5) is 0 Å². The number of rotatable bonds is 44. The summed E-state index contributed by atoms with van der Waals surface area (Å²) in [6.45, 7) is 6.20. The van der Waals surface area contributed by atoms with Gasteiger partial charge in [0.2, 0.25) is 5.91 Å². The molecule has 0 aromatic rings. The van der Waals surface area contributed by atoms with Crippen molar-refractivity contribution in [3.05, 3.63) is 97.2 Å². The fraction of sp³-hybridized carbons (Fsp3) is 0.679. The van der Waals surface area contributed by atoms with Crippen molar-refractivity contribution in [1.82, 2.24) is 5.32 Å². The smallest absolute Gasteiger partial charge is 0.306 e. The van der Waals surface area contributed by atoms with Crippen molar-refractivity contribution < 1.29 is 24.5 Å². The van der Waals surface area contributed by atoms with Crippen LogP contribution in [0.2, 0.25) is 0 Å². The second kappa shape index (κ2) is 48.8. The standard InChI is InChI=1S/C56H95NO5/c1-4-7-10-13-16-19-22-24-26-27-29-31-34-37-40-43-46-49-56(61)62-52(47-44-41-38-35-32-21-18-15-12-9-6-3)50-55(60)57-53(51-58)54(59)48-45-42-39-36-33-30-28-25-23-20-17-14-11-8-5-2/h7,9-10,12,15-16,18-19,21,24,26,29,31-32,37,40,52-54,58-59H,4-6,8,11,13-14,17,20,22-23,25,27-28,30,33-36,38-39,41-51H2,1-3H3,(H,57,60)/b10-7-,12-9+,18-15+,19-16-,26-24-,31-29-,32-21-,40-37-. The number of hydrogen-bond donors (Lipinski definition) is 3. The van der Waals surface area contributed by atoms with Gasteiger partial charge in [0.1, 0.15) is 6.10 Å². The number of unbranched alkanes of at least 4 members (excludes halogenated alkanes) is 18. The minimum absolute atomic E-state index is 0.0265. The molecule has 0 saturated heterocycles. The van der Waals surface area contributed by atoms with Crippen LogP contribution in [0.25, 0.3) is 0 Å². The number of carbonyl (C=O) groups excluding carboxylic acids is 2. The molecule has 6 nitrogen and oxygen atoms in total. The summed E-state index contributed by atoms with van der Waals surface area (Å²) in [6.07, 6.45) is 64.7. The van der Waals surface area contributed by atoms with Crippen molar-refractivity contribution in [2.75, 3.05) is 6.61 Å². The Morgan fingerprint density at radius 3 is 1.48 bits per heavy atom. The SMILES string of the molecule is CC/C=C\C/C=C\C/C=C\C/C=C\C/C=C\CCCC(=O)OC(CCCCC\C=C/C=C/C=C/CC)CC(=O)NC(CO)C(O)CCCCCCCCCCCCCCCCC. The molecule has 0 aliphatic heterocycles. The summed E-state index contributed by atoms with van der Waals surface area (Å²) >= 11 is 0. The molecule has 62 heavy (non-hydrogen) atoms. The van der Waals surface area contributed by atoms with Crippen molar-refractivity contribution in [2.24, 2.45) is 0 Å². The highest BCUT2D eigenvalue weighted by Gasteiger charge is 2.24. The van der Waals surface area contributed by atoms with Crippen molar-refractivity contribution in [3.63, 3.8) is 0 Å². The second-order valence-electron chi connectivity index (χ2n) is 16.9. The Balaban J connectivity index is 4.65. The Hall–Kier alpha value is -3.22. The molecule has 0 rings (SSSR count). The van der Waals surface area contributed by atoms with Crippen molar-refractivity contribution in [3.8, 4) is 0 Å². The van der Waals surface area contributed by atoms with Gasteiger partial charge >= 0.3 is 5.97 Å². The van der Waals surface area contributed by atoms with Gasteiger partial charge < -0.3 is 20.3 Å². The Labute approximate surface area is 382 Å². The fourth-order valence-corrected chi connectivity index (χ4v) is 7.17. The number of nitrogens with one attached hydrogen (secondary N) is 1. The highest BCUT2D eigenvalue weighted by molar-refractivity contribution is 5.77. The highest BCUT2D eigenvalue weighted by atomic mass is 16.5. The van der Waals surface area contributed by atoms with Gasteiger partial charge in [-0.3, -0.25) is 9.59 Å². The first-order chi connectivity index (χ1) is 30.5. The lowest BCUT2D eigenvalue weighted by molar-refractivity contribution is -0.151. The number of hydrogen-bond acceptors (Lipinski definition) is 5. The second-order valence-corrected chi connectivity index (χ2v) is 16.9. The lowest BCUT2D eigenvalue weighted by Gasteiger charge is -2.24. The van der Waals surface area contributed by atoms with E-state index in [1.54, 1.807) is 0 Å². The third-order valence-electron chi connectivity index (χ3n) is 11.0. The molecule has 0 aliphatic rings. The molecular weight excluding hydrogens is 767 g/mol. The number of amides is 1. The summed E-state index contributed by atoms with van der Waals surface area (Å²) in [6, 6.07) is -0.729. The average molecular weight is 862 g/mol. The first-order valence-electron chi connectivity index (χ1n) is 25.5. The number of allylic oxidation sites excluding steroid dienone is 16. The Bertz CT molecular complexity index is 1240. The van der Waals surface area contributed by atoms with Crippen LogP contribution >= 0.6 is 0 Å². The van der Waals surface area contributed by atoms with Crippen LogP contribution in [-0.4, -0.2) is 46.9 Å². The number of esters is 1. The van der Waals surface area contributed by atoms with E-state index in [2.05, 4.69) is 111 Å². The van der Waals surface area contributed by atoms with Gasteiger partial charge in [0.15, 0.2) is 0 Å². The monoisotopic (exact) mass is 862 g/mol. The van der Waals surface area contributed by atoms with E-state index in [1.807, 2.05) is 12.2 Å². The number of ether oxygens (including phenoxy) is 1. The Kier molecular flexibility index (Phi) is 46.3. The van der Waals surface area contributed by atoms with Crippen LogP contribution in [0.5, 0.6) is 0 Å². The van der Waals surface area contributed by atoms with Crippen LogP contribution in [0.1, 0.15) is 220 Å². The van der Waals surface area contributed by atoms with Gasteiger partial charge in [-0.2, -0.15) is 0 Å². The van der Waals surface area contributed by atoms with Gasteiger partial charge in [-0.05, 0) is 83.5 Å². The molecule has 0 fully saturated rings. The van der Waals surface area contributed by atoms with E-state index < -0.39 is 18.2 Å². The van der Waals surface area contributed by atoms with Crippen LogP contribution in [0.15, 0.2) is 97.2 Å². The number of aliphatic hydroxyl groups is 2. The topological polar surface area (TPSA) is 95.9 Å². The van der Waals surface area contributed by atoms with E-state index >= 15 is 0 Å². The summed E-state index contributed by atoms with van der Waals surface area (Å²) in [5.41, 5.74) is 0.